The Morgan fingerprint density at radius 2 is 0.818 bits per heavy atom. The molecule has 0 amide bonds. The lowest BCUT2D eigenvalue weighted by Gasteiger charge is -2.22. The number of hydrogen-bond acceptors (Lipinski definition) is 0. The zero-order chi connectivity index (χ0) is 36.7. The summed E-state index contributed by atoms with van der Waals surface area (Å²) < 4.78 is 0. The molecule has 0 radical (unpaired) electrons. The number of fused-ring (bicyclic) bond motifs is 7. The second kappa shape index (κ2) is 12.1. The highest BCUT2D eigenvalue weighted by Gasteiger charge is 2.35. The van der Waals surface area contributed by atoms with Gasteiger partial charge in [-0.05, 0) is 122 Å². The fraction of sp³-hybridized carbons (Fsp3) is 0.0545. The Morgan fingerprint density at radius 1 is 0.273 bits per heavy atom. The van der Waals surface area contributed by atoms with Gasteiger partial charge in [-0.2, -0.15) is 0 Å². The van der Waals surface area contributed by atoms with Gasteiger partial charge in [0.05, 0.1) is 0 Å². The first-order chi connectivity index (χ1) is 27.1. The van der Waals surface area contributed by atoms with E-state index in [2.05, 4.69) is 208 Å². The van der Waals surface area contributed by atoms with E-state index in [4.69, 9.17) is 0 Å². The lowest BCUT2D eigenvalue weighted by atomic mass is 9.81. The maximum Gasteiger partial charge on any atom is 0.0158 e. The summed E-state index contributed by atoms with van der Waals surface area (Å²) in [6.45, 7) is 4.72. The highest BCUT2D eigenvalue weighted by atomic mass is 14.4. The minimum atomic E-state index is -0.0487. The average molecular weight is 699 g/mol. The summed E-state index contributed by atoms with van der Waals surface area (Å²) in [4.78, 5) is 0. The van der Waals surface area contributed by atoms with E-state index in [-0.39, 0.29) is 5.41 Å². The van der Waals surface area contributed by atoms with Crippen molar-refractivity contribution in [2.24, 2.45) is 0 Å². The maximum absolute atomic E-state index is 2.47. The highest BCUT2D eigenvalue weighted by molar-refractivity contribution is 6.25. The zero-order valence-corrected chi connectivity index (χ0v) is 31.0. The molecule has 1 aliphatic rings. The largest absolute Gasteiger partial charge is 0.0622 e. The SMILES string of the molecule is CC1(C)c2ccccc2-c2cc(-c3c4ccccc4c(-c4ccc(-c5ccccc5)c5ccccc45)c4ccc(-c5cccc6ccccc56)cc34)ccc21. The van der Waals surface area contributed by atoms with Crippen molar-refractivity contribution in [2.75, 3.05) is 0 Å². The lowest BCUT2D eigenvalue weighted by Crippen LogP contribution is -2.14. The highest BCUT2D eigenvalue weighted by Crippen LogP contribution is 2.52. The van der Waals surface area contributed by atoms with Crippen molar-refractivity contribution in [3.63, 3.8) is 0 Å². The van der Waals surface area contributed by atoms with Crippen LogP contribution >= 0.6 is 0 Å². The zero-order valence-electron chi connectivity index (χ0n) is 31.0. The Hall–Kier alpha value is -6.76. The van der Waals surface area contributed by atoms with Crippen LogP contribution in [0.15, 0.2) is 194 Å². The lowest BCUT2D eigenvalue weighted by molar-refractivity contribution is 0.660. The molecule has 55 heavy (non-hydrogen) atoms. The van der Waals surface area contributed by atoms with Gasteiger partial charge >= 0.3 is 0 Å². The van der Waals surface area contributed by atoms with E-state index in [1.165, 1.54) is 110 Å². The van der Waals surface area contributed by atoms with Crippen LogP contribution in [0.5, 0.6) is 0 Å². The molecule has 0 N–H and O–H groups in total. The molecule has 0 atom stereocenters. The van der Waals surface area contributed by atoms with Crippen LogP contribution in [-0.2, 0) is 5.41 Å². The van der Waals surface area contributed by atoms with E-state index < -0.39 is 0 Å². The van der Waals surface area contributed by atoms with Crippen molar-refractivity contribution in [3.05, 3.63) is 205 Å². The average Bonchev–Trinajstić information content (AvgIpc) is 3.47. The molecule has 0 heteroatoms. The van der Waals surface area contributed by atoms with Crippen molar-refractivity contribution in [1.29, 1.82) is 0 Å². The van der Waals surface area contributed by atoms with Crippen LogP contribution in [0.1, 0.15) is 25.0 Å². The third-order valence-electron chi connectivity index (χ3n) is 12.3. The van der Waals surface area contributed by atoms with E-state index in [1.807, 2.05) is 0 Å². The van der Waals surface area contributed by atoms with Gasteiger partial charge in [-0.1, -0.05) is 196 Å². The molecule has 1 aliphatic carbocycles. The van der Waals surface area contributed by atoms with Gasteiger partial charge in [-0.25, -0.2) is 0 Å². The summed E-state index contributed by atoms with van der Waals surface area (Å²) in [5.41, 5.74) is 15.5. The first-order valence-electron chi connectivity index (χ1n) is 19.4. The molecule has 0 saturated heterocycles. The standard InChI is InChI=1S/C55H38/c1-55(2)51-26-13-12-22-44(51)49-34-38(28-32-52(49)55)53-45-23-10-11-24-46(45)54(47-31-30-41(35-15-4-3-5-16-35)42-20-8-9-21-43(42)47)48-29-27-37(33-50(48)53)40-25-14-18-36-17-6-7-19-39(36)40/h3-34H,1-2H3. The van der Waals surface area contributed by atoms with Crippen molar-refractivity contribution < 1.29 is 0 Å². The van der Waals surface area contributed by atoms with Crippen LogP contribution in [0.25, 0.3) is 98.7 Å². The quantitative estimate of drug-likeness (QED) is 0.161. The van der Waals surface area contributed by atoms with Crippen molar-refractivity contribution >= 4 is 43.1 Å². The van der Waals surface area contributed by atoms with Crippen LogP contribution < -0.4 is 0 Å². The molecule has 11 rings (SSSR count). The van der Waals surface area contributed by atoms with Gasteiger partial charge in [0, 0.05) is 5.41 Å². The summed E-state index contributed by atoms with van der Waals surface area (Å²) in [5.74, 6) is 0. The van der Waals surface area contributed by atoms with Gasteiger partial charge in [0.15, 0.2) is 0 Å². The van der Waals surface area contributed by atoms with Gasteiger partial charge < -0.3 is 0 Å². The fourth-order valence-electron chi connectivity index (χ4n) is 9.69. The Labute approximate surface area is 322 Å². The Kier molecular flexibility index (Phi) is 7.00. The van der Waals surface area contributed by atoms with E-state index in [0.29, 0.717) is 0 Å². The van der Waals surface area contributed by atoms with Crippen LogP contribution in [0.2, 0.25) is 0 Å². The second-order valence-corrected chi connectivity index (χ2v) is 15.6. The maximum atomic E-state index is 2.47. The minimum Gasteiger partial charge on any atom is -0.0622 e. The Morgan fingerprint density at radius 3 is 1.64 bits per heavy atom. The predicted molar refractivity (Wildman–Crippen MR) is 236 cm³/mol. The first kappa shape index (κ1) is 31.7. The molecular weight excluding hydrogens is 661 g/mol. The first-order valence-corrected chi connectivity index (χ1v) is 19.4. The van der Waals surface area contributed by atoms with Crippen molar-refractivity contribution in [3.8, 4) is 55.6 Å². The molecule has 258 valence electrons. The van der Waals surface area contributed by atoms with Gasteiger partial charge in [-0.3, -0.25) is 0 Å². The van der Waals surface area contributed by atoms with E-state index >= 15 is 0 Å². The molecule has 0 nitrogen and oxygen atoms in total. The molecule has 0 saturated carbocycles. The predicted octanol–water partition coefficient (Wildman–Crippen LogP) is 15.3. The topological polar surface area (TPSA) is 0 Å². The van der Waals surface area contributed by atoms with E-state index in [1.54, 1.807) is 0 Å². The fourth-order valence-corrected chi connectivity index (χ4v) is 9.69. The number of hydrogen-bond donors (Lipinski definition) is 0. The molecule has 0 spiro atoms. The van der Waals surface area contributed by atoms with Gasteiger partial charge in [0.1, 0.15) is 0 Å². The summed E-state index contributed by atoms with van der Waals surface area (Å²) in [5, 5.41) is 10.1. The number of benzene rings is 10. The van der Waals surface area contributed by atoms with Crippen molar-refractivity contribution in [2.45, 2.75) is 19.3 Å². The van der Waals surface area contributed by atoms with Gasteiger partial charge in [0.2, 0.25) is 0 Å². The monoisotopic (exact) mass is 698 g/mol. The van der Waals surface area contributed by atoms with Gasteiger partial charge in [-0.15, -0.1) is 0 Å². The van der Waals surface area contributed by atoms with Crippen LogP contribution in [-0.4, -0.2) is 0 Å². The smallest absolute Gasteiger partial charge is 0.0158 e. The molecule has 0 fully saturated rings. The minimum absolute atomic E-state index is 0.0487. The molecular formula is C55H38. The molecule has 0 aliphatic heterocycles. The number of rotatable bonds is 4. The normalized spacial score (nSPS) is 13.1. The molecule has 0 aromatic heterocycles. The molecule has 0 unspecified atom stereocenters. The van der Waals surface area contributed by atoms with E-state index in [0.717, 1.165) is 0 Å². The molecule has 10 aromatic rings. The third-order valence-corrected chi connectivity index (χ3v) is 12.3. The summed E-state index contributed by atoms with van der Waals surface area (Å²) >= 11 is 0. The summed E-state index contributed by atoms with van der Waals surface area (Å²) in [6.07, 6.45) is 0. The summed E-state index contributed by atoms with van der Waals surface area (Å²) in [6, 6.07) is 72.3. The molecule has 10 aromatic carbocycles. The van der Waals surface area contributed by atoms with Crippen LogP contribution in [0.4, 0.5) is 0 Å². The van der Waals surface area contributed by atoms with Crippen LogP contribution in [0, 0.1) is 0 Å². The Balaban J connectivity index is 1.25. The Bertz CT molecular complexity index is 3160. The third kappa shape index (κ3) is 4.78. The second-order valence-electron chi connectivity index (χ2n) is 15.6. The van der Waals surface area contributed by atoms with Crippen molar-refractivity contribution in [1.82, 2.24) is 0 Å². The molecule has 0 heterocycles. The summed E-state index contributed by atoms with van der Waals surface area (Å²) in [7, 11) is 0. The van der Waals surface area contributed by atoms with Crippen LogP contribution in [0.3, 0.4) is 0 Å². The van der Waals surface area contributed by atoms with Gasteiger partial charge in [0.25, 0.3) is 0 Å². The van der Waals surface area contributed by atoms with E-state index in [9.17, 15) is 0 Å². The molecule has 0 bridgehead atoms.